The Balaban J connectivity index is 0.00000218. The summed E-state index contributed by atoms with van der Waals surface area (Å²) in [7, 11) is 0. The topological polar surface area (TPSA) is 50.1 Å². The van der Waals surface area contributed by atoms with Crippen molar-refractivity contribution < 1.29 is 4.42 Å². The summed E-state index contributed by atoms with van der Waals surface area (Å²) in [6.07, 6.45) is 2.02. The molecule has 4 aromatic rings. The van der Waals surface area contributed by atoms with Gasteiger partial charge in [0.2, 0.25) is 5.89 Å². The first kappa shape index (κ1) is 20.7. The molecule has 2 N–H and O–H groups in total. The summed E-state index contributed by atoms with van der Waals surface area (Å²) in [5, 5.41) is 7.80. The van der Waals surface area contributed by atoms with E-state index in [0.717, 1.165) is 58.9 Å². The Morgan fingerprint density at radius 1 is 1.00 bits per heavy atom. The summed E-state index contributed by atoms with van der Waals surface area (Å²) in [5.41, 5.74) is 7.53. The Bertz CT molecular complexity index is 1160. The van der Waals surface area contributed by atoms with E-state index in [9.17, 15) is 0 Å². The van der Waals surface area contributed by atoms with Gasteiger partial charge in [0.05, 0.1) is 10.7 Å². The number of halogens is 2. The fraction of sp³-hybridized carbons (Fsp3) is 0.208. The molecule has 154 valence electrons. The van der Waals surface area contributed by atoms with Crippen molar-refractivity contribution in [2.24, 2.45) is 0 Å². The molecule has 0 bridgehead atoms. The van der Waals surface area contributed by atoms with Crippen molar-refractivity contribution in [3.05, 3.63) is 82.4 Å². The van der Waals surface area contributed by atoms with Crippen LogP contribution in [0.15, 0.2) is 65.1 Å². The molecular formula is C24H23Cl2N3O. The lowest BCUT2D eigenvalue weighted by Gasteiger charge is -2.16. The summed E-state index contributed by atoms with van der Waals surface area (Å²) < 4.78 is 6.00. The third-order valence-corrected chi connectivity index (χ3v) is 5.74. The molecule has 0 aliphatic carbocycles. The number of nitrogens with one attached hydrogen (secondary N) is 2. The summed E-state index contributed by atoms with van der Waals surface area (Å²) in [4.78, 5) is 4.61. The molecule has 3 aromatic carbocycles. The Labute approximate surface area is 187 Å². The number of fused-ring (bicyclic) bond motifs is 2. The van der Waals surface area contributed by atoms with Crippen LogP contribution in [0.5, 0.6) is 0 Å². The number of hydrogen-bond acceptors (Lipinski definition) is 4. The minimum atomic E-state index is 0. The Kier molecular flexibility index (Phi) is 6.28. The predicted molar refractivity (Wildman–Crippen MR) is 126 cm³/mol. The molecule has 0 unspecified atom stereocenters. The van der Waals surface area contributed by atoms with Gasteiger partial charge in [0, 0.05) is 12.1 Å². The van der Waals surface area contributed by atoms with Crippen LogP contribution >= 0.6 is 24.0 Å². The number of benzene rings is 3. The number of aromatic nitrogens is 1. The largest absolute Gasteiger partial charge is 0.436 e. The average Bonchev–Trinajstić information content (AvgIpc) is 3.03. The van der Waals surface area contributed by atoms with E-state index >= 15 is 0 Å². The van der Waals surface area contributed by atoms with Crippen molar-refractivity contribution >= 4 is 40.8 Å². The van der Waals surface area contributed by atoms with Gasteiger partial charge in [0.1, 0.15) is 5.52 Å². The summed E-state index contributed by atoms with van der Waals surface area (Å²) in [5.74, 6) is 0.648. The molecule has 6 heteroatoms. The SMILES string of the molecule is Cl.Clc1ccc2c(c1NCc1ccc3nc(-c4ccccc4)oc3c1)CCNCC2. The van der Waals surface area contributed by atoms with Crippen LogP contribution in [0.1, 0.15) is 16.7 Å². The third-order valence-electron chi connectivity index (χ3n) is 5.42. The van der Waals surface area contributed by atoms with Gasteiger partial charge in [-0.2, -0.15) is 0 Å². The fourth-order valence-electron chi connectivity index (χ4n) is 3.91. The lowest BCUT2D eigenvalue weighted by molar-refractivity contribution is 0.619. The van der Waals surface area contributed by atoms with Crippen molar-refractivity contribution in [1.29, 1.82) is 0 Å². The second-order valence-electron chi connectivity index (χ2n) is 7.35. The van der Waals surface area contributed by atoms with Crippen molar-refractivity contribution in [3.8, 4) is 11.5 Å². The molecule has 30 heavy (non-hydrogen) atoms. The third kappa shape index (κ3) is 4.17. The molecule has 0 saturated heterocycles. The van der Waals surface area contributed by atoms with Gasteiger partial charge in [0.25, 0.3) is 0 Å². The van der Waals surface area contributed by atoms with Gasteiger partial charge in [-0.15, -0.1) is 12.4 Å². The van der Waals surface area contributed by atoms with Crippen molar-refractivity contribution in [3.63, 3.8) is 0 Å². The molecule has 0 radical (unpaired) electrons. The van der Waals surface area contributed by atoms with Crippen LogP contribution < -0.4 is 10.6 Å². The van der Waals surface area contributed by atoms with Crippen LogP contribution in [0.2, 0.25) is 5.02 Å². The number of hydrogen-bond donors (Lipinski definition) is 2. The molecule has 0 atom stereocenters. The number of oxazole rings is 1. The van der Waals surface area contributed by atoms with Crippen LogP contribution in [-0.2, 0) is 19.4 Å². The van der Waals surface area contributed by atoms with Gasteiger partial charge >= 0.3 is 0 Å². The van der Waals surface area contributed by atoms with E-state index in [1.54, 1.807) is 0 Å². The fourth-order valence-corrected chi connectivity index (χ4v) is 4.15. The molecule has 4 nitrogen and oxygen atoms in total. The first-order valence-corrected chi connectivity index (χ1v) is 10.4. The smallest absolute Gasteiger partial charge is 0.227 e. The van der Waals surface area contributed by atoms with Crippen LogP contribution in [-0.4, -0.2) is 18.1 Å². The molecule has 1 aliphatic heterocycles. The zero-order valence-electron chi connectivity index (χ0n) is 16.5. The first-order chi connectivity index (χ1) is 14.3. The van der Waals surface area contributed by atoms with Gasteiger partial charge in [0.15, 0.2) is 5.58 Å². The van der Waals surface area contributed by atoms with Crippen molar-refractivity contribution in [2.45, 2.75) is 19.4 Å². The Morgan fingerprint density at radius 2 is 1.83 bits per heavy atom. The maximum Gasteiger partial charge on any atom is 0.227 e. The highest BCUT2D eigenvalue weighted by atomic mass is 35.5. The van der Waals surface area contributed by atoms with Gasteiger partial charge in [-0.1, -0.05) is 41.9 Å². The molecular weight excluding hydrogens is 417 g/mol. The molecule has 0 spiro atoms. The highest BCUT2D eigenvalue weighted by Crippen LogP contribution is 2.31. The minimum absolute atomic E-state index is 0. The maximum absolute atomic E-state index is 6.54. The standard InChI is InChI=1S/C24H22ClN3O.ClH/c25-20-8-7-17-10-12-26-13-11-19(17)23(20)27-15-16-6-9-21-22(14-16)29-24(28-21)18-4-2-1-3-5-18;/h1-9,14,26-27H,10-13,15H2;1H. The van der Waals surface area contributed by atoms with Crippen molar-refractivity contribution in [1.82, 2.24) is 10.3 Å². The monoisotopic (exact) mass is 439 g/mol. The predicted octanol–water partition coefficient (Wildman–Crippen LogP) is 5.87. The van der Waals surface area contributed by atoms with Gasteiger partial charge < -0.3 is 15.1 Å². The van der Waals surface area contributed by atoms with E-state index in [1.807, 2.05) is 42.5 Å². The van der Waals surface area contributed by atoms with Crippen LogP contribution in [0.3, 0.4) is 0 Å². The summed E-state index contributed by atoms with van der Waals surface area (Å²) in [6.45, 7) is 2.68. The molecule has 0 amide bonds. The molecule has 2 heterocycles. The lowest BCUT2D eigenvalue weighted by atomic mass is 10.0. The molecule has 1 aliphatic rings. The average molecular weight is 440 g/mol. The quantitative estimate of drug-likeness (QED) is 0.417. The number of rotatable bonds is 4. The van der Waals surface area contributed by atoms with E-state index in [1.165, 1.54) is 11.1 Å². The van der Waals surface area contributed by atoms with Gasteiger partial charge in [-0.25, -0.2) is 4.98 Å². The highest BCUT2D eigenvalue weighted by molar-refractivity contribution is 6.33. The van der Waals surface area contributed by atoms with E-state index < -0.39 is 0 Å². The zero-order chi connectivity index (χ0) is 19.6. The van der Waals surface area contributed by atoms with E-state index in [4.69, 9.17) is 16.0 Å². The number of nitrogens with zero attached hydrogens (tertiary/aromatic N) is 1. The Hall–Kier alpha value is -2.53. The molecule has 5 rings (SSSR count). The first-order valence-electron chi connectivity index (χ1n) is 9.98. The Morgan fingerprint density at radius 3 is 2.70 bits per heavy atom. The summed E-state index contributed by atoms with van der Waals surface area (Å²) in [6, 6.07) is 20.3. The second-order valence-corrected chi connectivity index (χ2v) is 7.76. The lowest BCUT2D eigenvalue weighted by Crippen LogP contribution is -2.16. The molecule has 1 aromatic heterocycles. The van der Waals surface area contributed by atoms with E-state index in [-0.39, 0.29) is 12.4 Å². The van der Waals surface area contributed by atoms with Crippen molar-refractivity contribution in [2.75, 3.05) is 18.4 Å². The van der Waals surface area contributed by atoms with Crippen LogP contribution in [0.25, 0.3) is 22.6 Å². The van der Waals surface area contributed by atoms with Gasteiger partial charge in [-0.05, 0) is 73.0 Å². The van der Waals surface area contributed by atoms with Crippen LogP contribution in [0.4, 0.5) is 5.69 Å². The molecule has 0 saturated carbocycles. The van der Waals surface area contributed by atoms with E-state index in [0.29, 0.717) is 12.4 Å². The highest BCUT2D eigenvalue weighted by Gasteiger charge is 2.15. The maximum atomic E-state index is 6.54. The minimum Gasteiger partial charge on any atom is -0.436 e. The zero-order valence-corrected chi connectivity index (χ0v) is 18.0. The van der Waals surface area contributed by atoms with Crippen LogP contribution in [0, 0.1) is 0 Å². The second kappa shape index (κ2) is 9.09. The van der Waals surface area contributed by atoms with E-state index in [2.05, 4.69) is 33.8 Å². The summed E-state index contributed by atoms with van der Waals surface area (Å²) >= 11 is 6.54. The number of anilines is 1. The normalized spacial score (nSPS) is 13.4. The molecule has 0 fully saturated rings. The van der Waals surface area contributed by atoms with Gasteiger partial charge in [-0.3, -0.25) is 0 Å².